The molecule has 0 saturated heterocycles. The van der Waals surface area contributed by atoms with E-state index in [1.54, 1.807) is 30.7 Å². The maximum Gasteiger partial charge on any atom is 0.270 e. The summed E-state index contributed by atoms with van der Waals surface area (Å²) in [6.45, 7) is 0.460. The molecule has 2 heterocycles. The van der Waals surface area contributed by atoms with E-state index in [2.05, 4.69) is 15.3 Å². The Morgan fingerprint density at radius 3 is 2.95 bits per heavy atom. The van der Waals surface area contributed by atoms with Gasteiger partial charge in [0.2, 0.25) is 0 Å². The van der Waals surface area contributed by atoms with Gasteiger partial charge in [0.1, 0.15) is 5.69 Å². The molecule has 5 nitrogen and oxygen atoms in total. The van der Waals surface area contributed by atoms with Crippen LogP contribution in [-0.2, 0) is 13.6 Å². The van der Waals surface area contributed by atoms with Crippen molar-refractivity contribution < 1.29 is 4.79 Å². The second kappa shape index (κ2) is 5.13. The van der Waals surface area contributed by atoms with E-state index in [9.17, 15) is 4.79 Å². The molecule has 0 saturated carbocycles. The number of benzene rings is 1. The fourth-order valence-corrected chi connectivity index (χ4v) is 2.06. The first-order valence-electron chi connectivity index (χ1n) is 6.33. The van der Waals surface area contributed by atoms with E-state index in [0.717, 1.165) is 16.6 Å². The van der Waals surface area contributed by atoms with Crippen LogP contribution in [0.2, 0.25) is 0 Å². The van der Waals surface area contributed by atoms with Crippen molar-refractivity contribution in [1.29, 1.82) is 0 Å². The SMILES string of the molecule is Cn1cnc2cc(CNC(=O)c3ccccn3)ccc21. The number of fused-ring (bicyclic) bond motifs is 1. The number of amides is 1. The molecule has 1 N–H and O–H groups in total. The van der Waals surface area contributed by atoms with E-state index in [1.165, 1.54) is 0 Å². The molecule has 0 radical (unpaired) electrons. The van der Waals surface area contributed by atoms with E-state index in [1.807, 2.05) is 29.8 Å². The molecule has 0 aliphatic heterocycles. The van der Waals surface area contributed by atoms with Crippen molar-refractivity contribution in [2.45, 2.75) is 6.54 Å². The van der Waals surface area contributed by atoms with Crippen molar-refractivity contribution >= 4 is 16.9 Å². The quantitative estimate of drug-likeness (QED) is 0.787. The van der Waals surface area contributed by atoms with Crippen LogP contribution in [0.15, 0.2) is 48.9 Å². The first kappa shape index (κ1) is 12.3. The van der Waals surface area contributed by atoms with Crippen molar-refractivity contribution in [1.82, 2.24) is 19.9 Å². The minimum Gasteiger partial charge on any atom is -0.347 e. The first-order valence-corrected chi connectivity index (χ1v) is 6.33. The average Bonchev–Trinajstić information content (AvgIpc) is 2.87. The summed E-state index contributed by atoms with van der Waals surface area (Å²) >= 11 is 0. The third-order valence-corrected chi connectivity index (χ3v) is 3.14. The van der Waals surface area contributed by atoms with Gasteiger partial charge >= 0.3 is 0 Å². The zero-order chi connectivity index (χ0) is 13.9. The summed E-state index contributed by atoms with van der Waals surface area (Å²) in [5.41, 5.74) is 3.44. The largest absolute Gasteiger partial charge is 0.347 e. The van der Waals surface area contributed by atoms with E-state index in [0.29, 0.717) is 12.2 Å². The molecule has 100 valence electrons. The number of nitrogens with one attached hydrogen (secondary N) is 1. The lowest BCUT2D eigenvalue weighted by atomic mass is 10.2. The maximum atomic E-state index is 11.9. The smallest absolute Gasteiger partial charge is 0.270 e. The van der Waals surface area contributed by atoms with Gasteiger partial charge in [-0.25, -0.2) is 4.98 Å². The molecule has 0 fully saturated rings. The van der Waals surface area contributed by atoms with Gasteiger partial charge in [-0.2, -0.15) is 0 Å². The fraction of sp³-hybridized carbons (Fsp3) is 0.133. The predicted octanol–water partition coefficient (Wildman–Crippen LogP) is 1.90. The number of aryl methyl sites for hydroxylation is 1. The van der Waals surface area contributed by atoms with Crippen LogP contribution in [0.4, 0.5) is 0 Å². The summed E-state index contributed by atoms with van der Waals surface area (Å²) in [6.07, 6.45) is 3.38. The molecule has 0 spiro atoms. The molecule has 0 aliphatic rings. The summed E-state index contributed by atoms with van der Waals surface area (Å²) in [5, 5.41) is 2.85. The Balaban J connectivity index is 1.72. The summed E-state index contributed by atoms with van der Waals surface area (Å²) in [5.74, 6) is -0.174. The number of rotatable bonds is 3. The van der Waals surface area contributed by atoms with E-state index in [-0.39, 0.29) is 5.91 Å². The lowest BCUT2D eigenvalue weighted by Gasteiger charge is -2.05. The Labute approximate surface area is 116 Å². The molecule has 1 aromatic carbocycles. The zero-order valence-corrected chi connectivity index (χ0v) is 11.1. The molecule has 0 atom stereocenters. The van der Waals surface area contributed by atoms with Crippen molar-refractivity contribution in [2.24, 2.45) is 7.05 Å². The average molecular weight is 266 g/mol. The number of pyridine rings is 1. The molecule has 3 aromatic rings. The Kier molecular flexibility index (Phi) is 3.16. The van der Waals surface area contributed by atoms with Gasteiger partial charge in [-0.15, -0.1) is 0 Å². The van der Waals surface area contributed by atoms with Gasteiger partial charge in [0, 0.05) is 19.8 Å². The summed E-state index contributed by atoms with van der Waals surface area (Å²) in [7, 11) is 1.96. The molecule has 0 unspecified atom stereocenters. The Bertz CT molecular complexity index is 749. The molecule has 3 rings (SSSR count). The van der Waals surface area contributed by atoms with Gasteiger partial charge in [0.25, 0.3) is 5.91 Å². The van der Waals surface area contributed by atoms with Crippen molar-refractivity contribution in [2.75, 3.05) is 0 Å². The number of imidazole rings is 1. The van der Waals surface area contributed by atoms with Gasteiger partial charge in [0.15, 0.2) is 0 Å². The zero-order valence-electron chi connectivity index (χ0n) is 11.1. The van der Waals surface area contributed by atoms with Crippen LogP contribution in [0.25, 0.3) is 11.0 Å². The Morgan fingerprint density at radius 2 is 2.15 bits per heavy atom. The number of hydrogen-bond donors (Lipinski definition) is 1. The first-order chi connectivity index (χ1) is 9.74. The van der Waals surface area contributed by atoms with Crippen LogP contribution in [0.5, 0.6) is 0 Å². The molecule has 1 amide bonds. The van der Waals surface area contributed by atoms with Crippen LogP contribution in [0.3, 0.4) is 0 Å². The normalized spacial score (nSPS) is 10.7. The summed E-state index contributed by atoms with van der Waals surface area (Å²) in [4.78, 5) is 20.2. The van der Waals surface area contributed by atoms with Crippen molar-refractivity contribution in [3.05, 3.63) is 60.2 Å². The van der Waals surface area contributed by atoms with Crippen LogP contribution >= 0.6 is 0 Å². The monoisotopic (exact) mass is 266 g/mol. The second-order valence-corrected chi connectivity index (χ2v) is 4.58. The molecular formula is C15H14N4O. The van der Waals surface area contributed by atoms with Gasteiger partial charge in [0.05, 0.1) is 17.4 Å². The van der Waals surface area contributed by atoms with E-state index < -0.39 is 0 Å². The molecule has 5 heteroatoms. The maximum absolute atomic E-state index is 11.9. The van der Waals surface area contributed by atoms with Crippen LogP contribution in [-0.4, -0.2) is 20.4 Å². The minimum absolute atomic E-state index is 0.174. The third kappa shape index (κ3) is 2.38. The van der Waals surface area contributed by atoms with Crippen LogP contribution in [0.1, 0.15) is 16.1 Å². The predicted molar refractivity (Wildman–Crippen MR) is 76.1 cm³/mol. The Hall–Kier alpha value is -2.69. The van der Waals surface area contributed by atoms with E-state index in [4.69, 9.17) is 0 Å². The van der Waals surface area contributed by atoms with Gasteiger partial charge in [-0.3, -0.25) is 9.78 Å². The highest BCUT2D eigenvalue weighted by molar-refractivity contribution is 5.92. The second-order valence-electron chi connectivity index (χ2n) is 4.58. The lowest BCUT2D eigenvalue weighted by Crippen LogP contribution is -2.23. The standard InChI is InChI=1S/C15H14N4O/c1-19-10-18-13-8-11(5-6-14(13)19)9-17-15(20)12-4-2-3-7-16-12/h2-8,10H,9H2,1H3,(H,17,20). The van der Waals surface area contributed by atoms with Gasteiger partial charge in [-0.05, 0) is 29.8 Å². The van der Waals surface area contributed by atoms with Gasteiger partial charge < -0.3 is 9.88 Å². The summed E-state index contributed by atoms with van der Waals surface area (Å²) < 4.78 is 1.96. The molecule has 0 aliphatic carbocycles. The van der Waals surface area contributed by atoms with Crippen LogP contribution in [0, 0.1) is 0 Å². The lowest BCUT2D eigenvalue weighted by molar-refractivity contribution is 0.0946. The minimum atomic E-state index is -0.174. The van der Waals surface area contributed by atoms with Crippen LogP contribution < -0.4 is 5.32 Å². The number of aromatic nitrogens is 3. The molecule has 2 aromatic heterocycles. The third-order valence-electron chi connectivity index (χ3n) is 3.14. The summed E-state index contributed by atoms with van der Waals surface area (Å²) in [6, 6.07) is 11.2. The highest BCUT2D eigenvalue weighted by atomic mass is 16.1. The molecule has 0 bridgehead atoms. The number of carbonyl (C=O) groups is 1. The molecule has 20 heavy (non-hydrogen) atoms. The number of carbonyl (C=O) groups excluding carboxylic acids is 1. The number of hydrogen-bond acceptors (Lipinski definition) is 3. The number of nitrogens with zero attached hydrogens (tertiary/aromatic N) is 3. The van der Waals surface area contributed by atoms with Crippen molar-refractivity contribution in [3.8, 4) is 0 Å². The molecular weight excluding hydrogens is 252 g/mol. The topological polar surface area (TPSA) is 59.8 Å². The fourth-order valence-electron chi connectivity index (χ4n) is 2.06. The highest BCUT2D eigenvalue weighted by Crippen LogP contribution is 2.13. The van der Waals surface area contributed by atoms with Crippen molar-refractivity contribution in [3.63, 3.8) is 0 Å². The van der Waals surface area contributed by atoms with E-state index >= 15 is 0 Å². The van der Waals surface area contributed by atoms with Gasteiger partial charge in [-0.1, -0.05) is 12.1 Å². The Morgan fingerprint density at radius 1 is 1.25 bits per heavy atom. The highest BCUT2D eigenvalue weighted by Gasteiger charge is 2.06.